The van der Waals surface area contributed by atoms with Crippen LogP contribution >= 0.6 is 23.2 Å². The Bertz CT molecular complexity index is 777. The SMILES string of the molecule is Cc1cc(-c2[nH]nc(N)c2-c2ccc(Cl)cc2Cl)co1. The van der Waals surface area contributed by atoms with E-state index in [9.17, 15) is 0 Å². The summed E-state index contributed by atoms with van der Waals surface area (Å²) in [4.78, 5) is 0. The lowest BCUT2D eigenvalue weighted by atomic mass is 10.0. The lowest BCUT2D eigenvalue weighted by Gasteiger charge is -2.06. The number of halogens is 2. The first-order valence-electron chi connectivity index (χ1n) is 5.91. The molecule has 0 atom stereocenters. The second-order valence-corrected chi connectivity index (χ2v) is 5.27. The smallest absolute Gasteiger partial charge is 0.153 e. The van der Waals surface area contributed by atoms with Crippen molar-refractivity contribution in [3.05, 3.63) is 46.3 Å². The molecule has 0 aliphatic rings. The van der Waals surface area contributed by atoms with Crippen molar-refractivity contribution >= 4 is 29.0 Å². The highest BCUT2D eigenvalue weighted by atomic mass is 35.5. The maximum atomic E-state index is 6.25. The Morgan fingerprint density at radius 2 is 2.05 bits per heavy atom. The number of nitrogens with one attached hydrogen (secondary N) is 1. The molecule has 0 fully saturated rings. The average Bonchev–Trinajstić information content (AvgIpc) is 2.96. The molecule has 0 aliphatic heterocycles. The molecule has 0 saturated carbocycles. The number of aromatic nitrogens is 2. The zero-order valence-corrected chi connectivity index (χ0v) is 12.1. The molecule has 0 unspecified atom stereocenters. The van der Waals surface area contributed by atoms with Crippen molar-refractivity contribution in [3.63, 3.8) is 0 Å². The minimum absolute atomic E-state index is 0.378. The number of anilines is 1. The summed E-state index contributed by atoms with van der Waals surface area (Å²) >= 11 is 12.2. The zero-order valence-electron chi connectivity index (χ0n) is 10.6. The van der Waals surface area contributed by atoms with E-state index < -0.39 is 0 Å². The van der Waals surface area contributed by atoms with Crippen molar-refractivity contribution in [2.24, 2.45) is 0 Å². The molecule has 102 valence electrons. The number of nitrogens with two attached hydrogens (primary N) is 1. The van der Waals surface area contributed by atoms with Gasteiger partial charge in [-0.2, -0.15) is 5.10 Å². The topological polar surface area (TPSA) is 67.8 Å². The standard InChI is InChI=1S/C14H11Cl2N3O/c1-7-4-8(6-20-7)13-12(14(17)19-18-13)10-3-2-9(15)5-11(10)16/h2-6H,1H3,(H3,17,18,19). The van der Waals surface area contributed by atoms with Crippen molar-refractivity contribution in [2.45, 2.75) is 6.92 Å². The first-order valence-corrected chi connectivity index (χ1v) is 6.66. The summed E-state index contributed by atoms with van der Waals surface area (Å²) in [5.41, 5.74) is 9.11. The van der Waals surface area contributed by atoms with Crippen LogP contribution in [0.25, 0.3) is 22.4 Å². The largest absolute Gasteiger partial charge is 0.469 e. The van der Waals surface area contributed by atoms with Gasteiger partial charge in [-0.1, -0.05) is 29.3 Å². The van der Waals surface area contributed by atoms with E-state index >= 15 is 0 Å². The summed E-state index contributed by atoms with van der Waals surface area (Å²) in [7, 11) is 0. The second kappa shape index (κ2) is 4.89. The minimum atomic E-state index is 0.378. The molecule has 4 nitrogen and oxygen atoms in total. The number of rotatable bonds is 2. The van der Waals surface area contributed by atoms with Gasteiger partial charge in [0.15, 0.2) is 5.82 Å². The average molecular weight is 308 g/mol. The summed E-state index contributed by atoms with van der Waals surface area (Å²) in [6.45, 7) is 1.87. The molecule has 0 amide bonds. The molecule has 3 aromatic rings. The van der Waals surface area contributed by atoms with E-state index in [1.54, 1.807) is 18.4 Å². The maximum absolute atomic E-state index is 6.25. The van der Waals surface area contributed by atoms with Crippen molar-refractivity contribution in [1.29, 1.82) is 0 Å². The molecule has 20 heavy (non-hydrogen) atoms. The van der Waals surface area contributed by atoms with Crippen LogP contribution in [-0.4, -0.2) is 10.2 Å². The third kappa shape index (κ3) is 2.17. The number of hydrogen-bond donors (Lipinski definition) is 2. The van der Waals surface area contributed by atoms with Gasteiger partial charge in [0.1, 0.15) is 12.0 Å². The van der Waals surface area contributed by atoms with Gasteiger partial charge in [-0.05, 0) is 25.1 Å². The van der Waals surface area contributed by atoms with E-state index in [1.165, 1.54) is 0 Å². The third-order valence-corrected chi connectivity index (χ3v) is 3.56. The number of aryl methyl sites for hydroxylation is 1. The normalized spacial score (nSPS) is 10.9. The first kappa shape index (κ1) is 13.1. The molecule has 0 bridgehead atoms. The summed E-state index contributed by atoms with van der Waals surface area (Å²) in [6, 6.07) is 7.16. The second-order valence-electron chi connectivity index (χ2n) is 4.43. The maximum Gasteiger partial charge on any atom is 0.153 e. The number of nitrogens with zero attached hydrogens (tertiary/aromatic N) is 1. The Labute approximate surface area is 125 Å². The number of furan rings is 1. The molecular formula is C14H11Cl2N3O. The number of benzene rings is 1. The molecule has 2 heterocycles. The molecule has 6 heteroatoms. The third-order valence-electron chi connectivity index (χ3n) is 3.01. The van der Waals surface area contributed by atoms with E-state index in [0.717, 1.165) is 28.1 Å². The number of hydrogen-bond acceptors (Lipinski definition) is 3. The van der Waals surface area contributed by atoms with E-state index in [0.29, 0.717) is 15.9 Å². The van der Waals surface area contributed by atoms with Crippen molar-refractivity contribution in [2.75, 3.05) is 5.73 Å². The Balaban J connectivity index is 2.21. The van der Waals surface area contributed by atoms with E-state index in [-0.39, 0.29) is 0 Å². The summed E-state index contributed by atoms with van der Waals surface area (Å²) in [6.07, 6.45) is 1.65. The Hall–Kier alpha value is -1.91. The van der Waals surface area contributed by atoms with Gasteiger partial charge in [0.05, 0.1) is 16.3 Å². The van der Waals surface area contributed by atoms with Gasteiger partial charge in [0, 0.05) is 16.1 Å². The lowest BCUT2D eigenvalue weighted by molar-refractivity contribution is 0.535. The van der Waals surface area contributed by atoms with Gasteiger partial charge >= 0.3 is 0 Å². The van der Waals surface area contributed by atoms with Crippen LogP contribution < -0.4 is 5.73 Å². The zero-order chi connectivity index (χ0) is 14.3. The van der Waals surface area contributed by atoms with Crippen LogP contribution in [0.1, 0.15) is 5.76 Å². The van der Waals surface area contributed by atoms with Gasteiger partial charge in [0.2, 0.25) is 0 Å². The van der Waals surface area contributed by atoms with Crippen molar-refractivity contribution in [3.8, 4) is 22.4 Å². The molecule has 1 aromatic carbocycles. The van der Waals surface area contributed by atoms with E-state index in [2.05, 4.69) is 10.2 Å². The van der Waals surface area contributed by atoms with Crippen LogP contribution in [0.3, 0.4) is 0 Å². The van der Waals surface area contributed by atoms with Crippen LogP contribution in [-0.2, 0) is 0 Å². The van der Waals surface area contributed by atoms with Crippen molar-refractivity contribution < 1.29 is 4.42 Å². The highest BCUT2D eigenvalue weighted by Gasteiger charge is 2.18. The van der Waals surface area contributed by atoms with E-state index in [1.807, 2.05) is 19.1 Å². The Morgan fingerprint density at radius 3 is 2.70 bits per heavy atom. The molecule has 0 aliphatic carbocycles. The number of H-pyrrole nitrogens is 1. The molecule has 3 rings (SSSR count). The van der Waals surface area contributed by atoms with Gasteiger partial charge in [0.25, 0.3) is 0 Å². The summed E-state index contributed by atoms with van der Waals surface area (Å²) in [5, 5.41) is 8.07. The lowest BCUT2D eigenvalue weighted by Crippen LogP contribution is -1.89. The monoisotopic (exact) mass is 307 g/mol. The van der Waals surface area contributed by atoms with Crippen LogP contribution in [0.15, 0.2) is 34.9 Å². The molecule has 0 spiro atoms. The molecule has 0 radical (unpaired) electrons. The molecule has 0 saturated heterocycles. The fraction of sp³-hybridized carbons (Fsp3) is 0.0714. The molecular weight excluding hydrogens is 297 g/mol. The molecule has 2 aromatic heterocycles. The Morgan fingerprint density at radius 1 is 1.25 bits per heavy atom. The van der Waals surface area contributed by atoms with Crippen LogP contribution in [0, 0.1) is 6.92 Å². The van der Waals surface area contributed by atoms with E-state index in [4.69, 9.17) is 33.4 Å². The van der Waals surface area contributed by atoms with Crippen LogP contribution in [0.4, 0.5) is 5.82 Å². The summed E-state index contributed by atoms with van der Waals surface area (Å²) < 4.78 is 5.33. The van der Waals surface area contributed by atoms with Gasteiger partial charge in [-0.25, -0.2) is 0 Å². The fourth-order valence-electron chi connectivity index (χ4n) is 2.10. The summed E-state index contributed by atoms with van der Waals surface area (Å²) in [5.74, 6) is 1.18. The predicted molar refractivity (Wildman–Crippen MR) is 80.9 cm³/mol. The van der Waals surface area contributed by atoms with Gasteiger partial charge in [-0.15, -0.1) is 0 Å². The minimum Gasteiger partial charge on any atom is -0.469 e. The van der Waals surface area contributed by atoms with Crippen LogP contribution in [0.2, 0.25) is 10.0 Å². The molecule has 3 N–H and O–H groups in total. The van der Waals surface area contributed by atoms with Crippen LogP contribution in [0.5, 0.6) is 0 Å². The highest BCUT2D eigenvalue weighted by molar-refractivity contribution is 6.36. The first-order chi connectivity index (χ1) is 9.56. The number of aromatic amines is 1. The highest BCUT2D eigenvalue weighted by Crippen LogP contribution is 2.39. The van der Waals surface area contributed by atoms with Gasteiger partial charge in [-0.3, -0.25) is 5.10 Å². The van der Waals surface area contributed by atoms with Gasteiger partial charge < -0.3 is 10.2 Å². The fourth-order valence-corrected chi connectivity index (χ4v) is 2.61. The Kier molecular flexibility index (Phi) is 3.20. The number of nitrogen functional groups attached to an aromatic ring is 1. The quantitative estimate of drug-likeness (QED) is 0.730. The predicted octanol–water partition coefficient (Wildman–Crippen LogP) is 4.53. The van der Waals surface area contributed by atoms with Crippen molar-refractivity contribution in [1.82, 2.24) is 10.2 Å².